The summed E-state index contributed by atoms with van der Waals surface area (Å²) in [5.74, 6) is -0.543. The van der Waals surface area contributed by atoms with E-state index in [1.54, 1.807) is 49.4 Å². The van der Waals surface area contributed by atoms with Gasteiger partial charge in [0.05, 0.1) is 38.9 Å². The molecule has 0 amide bonds. The molecule has 1 aliphatic rings. The van der Waals surface area contributed by atoms with Crippen molar-refractivity contribution >= 4 is 34.8 Å². The second-order valence-corrected chi connectivity index (χ2v) is 10.5. The Morgan fingerprint density at radius 1 is 1.07 bits per heavy atom. The standard InChI is InChI=1S/C32H22FN3O6S/c1-2-41-31(38)27-28(19-8-4-3-5-9-19)34-32-35(29(27)20-12-14-21(33)15-13-20)30(37)26(43-32)18-22-16-17-25(42-22)23-10-6-7-11-24(23)36(39)40/h3-18,29H,2H2,1H3/b26-18-. The van der Waals surface area contributed by atoms with E-state index in [2.05, 4.69) is 0 Å². The zero-order valence-electron chi connectivity index (χ0n) is 22.6. The number of furan rings is 1. The van der Waals surface area contributed by atoms with Crippen LogP contribution in [0.25, 0.3) is 23.1 Å². The van der Waals surface area contributed by atoms with Gasteiger partial charge in [-0.05, 0) is 42.8 Å². The van der Waals surface area contributed by atoms with E-state index in [9.17, 15) is 24.1 Å². The van der Waals surface area contributed by atoms with E-state index in [-0.39, 0.29) is 28.2 Å². The number of nitro groups is 1. The van der Waals surface area contributed by atoms with Gasteiger partial charge in [0.15, 0.2) is 4.80 Å². The second-order valence-electron chi connectivity index (χ2n) is 9.46. The van der Waals surface area contributed by atoms with Crippen LogP contribution in [0.1, 0.15) is 29.9 Å². The molecule has 214 valence electrons. The first kappa shape index (κ1) is 27.7. The Morgan fingerprint density at radius 3 is 2.51 bits per heavy atom. The molecule has 2 aromatic heterocycles. The fourth-order valence-corrected chi connectivity index (χ4v) is 5.93. The van der Waals surface area contributed by atoms with Crippen molar-refractivity contribution in [3.8, 4) is 11.3 Å². The van der Waals surface area contributed by atoms with Gasteiger partial charge in [-0.25, -0.2) is 14.2 Å². The van der Waals surface area contributed by atoms with E-state index in [1.165, 1.54) is 41.0 Å². The maximum Gasteiger partial charge on any atom is 0.338 e. The van der Waals surface area contributed by atoms with Crippen molar-refractivity contribution in [2.75, 3.05) is 6.61 Å². The van der Waals surface area contributed by atoms with Gasteiger partial charge in [-0.15, -0.1) is 0 Å². The van der Waals surface area contributed by atoms with Crippen LogP contribution in [-0.2, 0) is 9.53 Å². The van der Waals surface area contributed by atoms with Crippen molar-refractivity contribution in [1.82, 2.24) is 4.57 Å². The van der Waals surface area contributed by atoms with Crippen LogP contribution in [-0.4, -0.2) is 22.1 Å². The number of hydrogen-bond acceptors (Lipinski definition) is 8. The number of nitrogens with zero attached hydrogens (tertiary/aromatic N) is 3. The fourth-order valence-electron chi connectivity index (χ4n) is 4.95. The van der Waals surface area contributed by atoms with Gasteiger partial charge in [-0.3, -0.25) is 19.5 Å². The van der Waals surface area contributed by atoms with E-state index in [1.807, 2.05) is 18.2 Å². The summed E-state index contributed by atoms with van der Waals surface area (Å²) in [6.45, 7) is 1.79. The molecule has 1 unspecified atom stereocenters. The summed E-state index contributed by atoms with van der Waals surface area (Å²) in [4.78, 5) is 43.5. The topological polar surface area (TPSA) is 117 Å². The van der Waals surface area contributed by atoms with E-state index in [0.717, 1.165) is 11.3 Å². The summed E-state index contributed by atoms with van der Waals surface area (Å²) in [5, 5.41) is 11.5. The van der Waals surface area contributed by atoms with Crippen LogP contribution in [0, 0.1) is 15.9 Å². The minimum atomic E-state index is -0.951. The molecule has 0 fully saturated rings. The van der Waals surface area contributed by atoms with Gasteiger partial charge in [0, 0.05) is 17.7 Å². The molecule has 0 saturated heterocycles. The second kappa shape index (κ2) is 11.5. The molecule has 9 nitrogen and oxygen atoms in total. The largest absolute Gasteiger partial charge is 0.463 e. The molecule has 0 aliphatic carbocycles. The van der Waals surface area contributed by atoms with Crippen molar-refractivity contribution in [2.45, 2.75) is 13.0 Å². The van der Waals surface area contributed by atoms with Crippen LogP contribution in [0.4, 0.5) is 10.1 Å². The van der Waals surface area contributed by atoms with Gasteiger partial charge < -0.3 is 9.15 Å². The maximum absolute atomic E-state index is 14.0. The first-order valence-electron chi connectivity index (χ1n) is 13.2. The molecule has 0 saturated carbocycles. The zero-order valence-corrected chi connectivity index (χ0v) is 23.4. The molecule has 6 rings (SSSR count). The number of aromatic nitrogens is 1. The Labute approximate surface area is 247 Å². The molecular formula is C32H22FN3O6S. The van der Waals surface area contributed by atoms with Crippen LogP contribution in [0.5, 0.6) is 0 Å². The number of halogens is 1. The molecule has 0 spiro atoms. The van der Waals surface area contributed by atoms with Gasteiger partial charge >= 0.3 is 5.97 Å². The zero-order chi connectivity index (χ0) is 30.1. The third kappa shape index (κ3) is 5.22. The molecule has 11 heteroatoms. The first-order chi connectivity index (χ1) is 20.9. The molecule has 3 heterocycles. The number of ether oxygens (including phenoxy) is 1. The summed E-state index contributed by atoms with van der Waals surface area (Å²) in [6.07, 6.45) is 1.53. The van der Waals surface area contributed by atoms with Gasteiger partial charge in [0.1, 0.15) is 17.3 Å². The highest BCUT2D eigenvalue weighted by Gasteiger charge is 2.35. The Balaban J connectivity index is 1.55. The van der Waals surface area contributed by atoms with Crippen molar-refractivity contribution in [3.05, 3.63) is 149 Å². The fraction of sp³-hybridized carbons (Fsp3) is 0.0938. The molecule has 3 aromatic carbocycles. The molecule has 5 aromatic rings. The third-order valence-electron chi connectivity index (χ3n) is 6.83. The lowest BCUT2D eigenvalue weighted by Gasteiger charge is -2.25. The highest BCUT2D eigenvalue weighted by atomic mass is 32.1. The SMILES string of the molecule is CCOC(=O)C1=C(c2ccccc2)N=c2s/c(=C\c3ccc(-c4ccccc4[N+](=O)[O-])o3)c(=O)n2C1c1ccc(F)cc1. The highest BCUT2D eigenvalue weighted by molar-refractivity contribution is 7.07. The number of hydrogen-bond donors (Lipinski definition) is 0. The predicted molar refractivity (Wildman–Crippen MR) is 158 cm³/mol. The Hall–Kier alpha value is -5.42. The van der Waals surface area contributed by atoms with Crippen molar-refractivity contribution in [1.29, 1.82) is 0 Å². The quantitative estimate of drug-likeness (QED) is 0.144. The van der Waals surface area contributed by atoms with E-state index < -0.39 is 28.3 Å². The predicted octanol–water partition coefficient (Wildman–Crippen LogP) is 5.24. The van der Waals surface area contributed by atoms with Gasteiger partial charge in [0.25, 0.3) is 11.2 Å². The van der Waals surface area contributed by atoms with Crippen molar-refractivity contribution in [3.63, 3.8) is 0 Å². The Kier molecular flexibility index (Phi) is 7.39. The molecule has 1 aliphatic heterocycles. The van der Waals surface area contributed by atoms with Crippen LogP contribution in [0.2, 0.25) is 0 Å². The lowest BCUT2D eigenvalue weighted by Crippen LogP contribution is -2.40. The first-order valence-corrected chi connectivity index (χ1v) is 14.0. The number of para-hydroxylation sites is 1. The molecular weight excluding hydrogens is 573 g/mol. The highest BCUT2D eigenvalue weighted by Crippen LogP contribution is 2.35. The molecule has 0 radical (unpaired) electrons. The normalized spacial score (nSPS) is 14.7. The summed E-state index contributed by atoms with van der Waals surface area (Å²) in [7, 11) is 0. The molecule has 1 atom stereocenters. The van der Waals surface area contributed by atoms with Crippen molar-refractivity contribution in [2.24, 2.45) is 4.99 Å². The Morgan fingerprint density at radius 2 is 1.79 bits per heavy atom. The number of thiazole rings is 1. The molecule has 0 N–H and O–H groups in total. The summed E-state index contributed by atoms with van der Waals surface area (Å²) in [5.41, 5.74) is 1.38. The van der Waals surface area contributed by atoms with E-state index in [4.69, 9.17) is 14.1 Å². The number of fused-ring (bicyclic) bond motifs is 1. The number of benzene rings is 3. The number of esters is 1. The lowest BCUT2D eigenvalue weighted by molar-refractivity contribution is -0.384. The van der Waals surface area contributed by atoms with Gasteiger partial charge in [-0.2, -0.15) is 0 Å². The molecule has 43 heavy (non-hydrogen) atoms. The number of carbonyl (C=O) groups is 1. The molecule has 0 bridgehead atoms. The van der Waals surface area contributed by atoms with E-state index >= 15 is 0 Å². The summed E-state index contributed by atoms with van der Waals surface area (Å²) >= 11 is 1.10. The third-order valence-corrected chi connectivity index (χ3v) is 7.81. The van der Waals surface area contributed by atoms with Crippen molar-refractivity contribution < 1.29 is 23.3 Å². The van der Waals surface area contributed by atoms with Crippen LogP contribution >= 0.6 is 11.3 Å². The van der Waals surface area contributed by atoms with Gasteiger partial charge in [0.2, 0.25) is 0 Å². The van der Waals surface area contributed by atoms with E-state index in [0.29, 0.717) is 32.9 Å². The average Bonchev–Trinajstić information content (AvgIpc) is 3.61. The van der Waals surface area contributed by atoms with Gasteiger partial charge in [-0.1, -0.05) is 65.9 Å². The van der Waals surface area contributed by atoms with Crippen LogP contribution < -0.4 is 14.9 Å². The smallest absolute Gasteiger partial charge is 0.338 e. The lowest BCUT2D eigenvalue weighted by atomic mass is 9.93. The maximum atomic E-state index is 14.0. The summed E-state index contributed by atoms with van der Waals surface area (Å²) in [6, 6.07) is 23.1. The minimum absolute atomic E-state index is 0.103. The van der Waals surface area contributed by atoms with Crippen LogP contribution in [0.15, 0.2) is 111 Å². The number of nitro benzene ring substituents is 1. The minimum Gasteiger partial charge on any atom is -0.463 e. The number of carbonyl (C=O) groups excluding carboxylic acids is 1. The Bertz CT molecular complexity index is 2080. The summed E-state index contributed by atoms with van der Waals surface area (Å²) < 4.78 is 26.9. The monoisotopic (exact) mass is 595 g/mol. The average molecular weight is 596 g/mol. The number of rotatable bonds is 7. The van der Waals surface area contributed by atoms with Crippen LogP contribution in [0.3, 0.4) is 0 Å².